The molecule has 0 bridgehead atoms. The number of carbonyl (C=O) groups excluding carboxylic acids is 2. The summed E-state index contributed by atoms with van der Waals surface area (Å²) < 4.78 is 0. The minimum absolute atomic E-state index is 0.0377. The molecule has 2 unspecified atom stereocenters. The predicted octanol–water partition coefficient (Wildman–Crippen LogP) is 2.18. The number of hydrogen-bond acceptors (Lipinski definition) is 4. The second-order valence-electron chi connectivity index (χ2n) is 4.59. The molecule has 1 fully saturated rings. The zero-order chi connectivity index (χ0) is 13.8. The minimum atomic E-state index is -0.339. The molecule has 0 aliphatic carbocycles. The summed E-state index contributed by atoms with van der Waals surface area (Å²) in [5.74, 6) is 1.20. The highest BCUT2D eigenvalue weighted by atomic mass is 32.2. The Morgan fingerprint density at radius 1 is 1.58 bits per heavy atom. The van der Waals surface area contributed by atoms with Crippen molar-refractivity contribution >= 4 is 34.9 Å². The number of nitrogens with one attached hydrogen (secondary N) is 1. The van der Waals surface area contributed by atoms with Crippen molar-refractivity contribution in [2.24, 2.45) is 0 Å². The molecule has 6 heteroatoms. The third kappa shape index (κ3) is 3.30. The van der Waals surface area contributed by atoms with E-state index in [0.29, 0.717) is 16.5 Å². The molecule has 0 aromatic carbocycles. The molecule has 4 nitrogen and oxygen atoms in total. The summed E-state index contributed by atoms with van der Waals surface area (Å²) in [6, 6.07) is 3.47. The molecule has 2 rings (SSSR count). The van der Waals surface area contributed by atoms with E-state index in [9.17, 15) is 9.59 Å². The first-order chi connectivity index (χ1) is 9.13. The van der Waals surface area contributed by atoms with E-state index >= 15 is 0 Å². The highest BCUT2D eigenvalue weighted by molar-refractivity contribution is 7.99. The molecule has 1 aromatic heterocycles. The lowest BCUT2D eigenvalue weighted by atomic mass is 10.2. The van der Waals surface area contributed by atoms with E-state index in [4.69, 9.17) is 0 Å². The maximum absolute atomic E-state index is 12.3. The van der Waals surface area contributed by atoms with E-state index in [0.717, 1.165) is 6.42 Å². The maximum Gasteiger partial charge on any atom is 0.265 e. The Morgan fingerprint density at radius 2 is 2.37 bits per heavy atom. The second kappa shape index (κ2) is 6.43. The molecular weight excluding hydrogens is 280 g/mol. The first-order valence-corrected chi connectivity index (χ1v) is 8.39. The van der Waals surface area contributed by atoms with Gasteiger partial charge in [0.05, 0.1) is 10.8 Å². The summed E-state index contributed by atoms with van der Waals surface area (Å²) in [5.41, 5.74) is 0. The van der Waals surface area contributed by atoms with E-state index in [1.54, 1.807) is 22.7 Å². The van der Waals surface area contributed by atoms with Crippen LogP contribution in [0.2, 0.25) is 0 Å². The van der Waals surface area contributed by atoms with Crippen molar-refractivity contribution in [3.63, 3.8) is 0 Å². The van der Waals surface area contributed by atoms with Crippen molar-refractivity contribution in [2.45, 2.75) is 32.4 Å². The van der Waals surface area contributed by atoms with Crippen molar-refractivity contribution in [2.75, 3.05) is 11.6 Å². The molecule has 1 N–H and O–H groups in total. The number of carbonyl (C=O) groups is 2. The Hall–Kier alpha value is -1.01. The van der Waals surface area contributed by atoms with Crippen LogP contribution in [0.3, 0.4) is 0 Å². The number of amides is 2. The zero-order valence-corrected chi connectivity index (χ0v) is 12.7. The van der Waals surface area contributed by atoms with Crippen molar-refractivity contribution in [3.8, 4) is 0 Å². The minimum Gasteiger partial charge on any atom is -0.352 e. The Bertz CT molecular complexity index is 448. The van der Waals surface area contributed by atoms with Gasteiger partial charge in [0.25, 0.3) is 5.91 Å². The van der Waals surface area contributed by atoms with Crippen molar-refractivity contribution in [1.82, 2.24) is 10.2 Å². The monoisotopic (exact) mass is 298 g/mol. The molecule has 1 saturated heterocycles. The van der Waals surface area contributed by atoms with Crippen LogP contribution in [0.5, 0.6) is 0 Å². The van der Waals surface area contributed by atoms with Crippen molar-refractivity contribution in [3.05, 3.63) is 22.4 Å². The number of nitrogens with zero attached hydrogens (tertiary/aromatic N) is 1. The van der Waals surface area contributed by atoms with Gasteiger partial charge in [-0.3, -0.25) is 9.59 Å². The molecule has 19 heavy (non-hydrogen) atoms. The lowest BCUT2D eigenvalue weighted by molar-refractivity contribution is -0.125. The molecule has 104 valence electrons. The van der Waals surface area contributed by atoms with Gasteiger partial charge in [-0.1, -0.05) is 13.0 Å². The standard InChI is InChI=1S/C13H18N2O2S2/c1-3-9(2)14-12(16)10-7-18-8-15(10)13(17)11-5-4-6-19-11/h4-6,9-10H,3,7-8H2,1-2H3,(H,14,16). The van der Waals surface area contributed by atoms with Crippen LogP contribution in [0.1, 0.15) is 29.9 Å². The average molecular weight is 298 g/mol. The Kier molecular flexibility index (Phi) is 4.87. The fourth-order valence-electron chi connectivity index (χ4n) is 1.84. The largest absolute Gasteiger partial charge is 0.352 e. The molecule has 2 atom stereocenters. The van der Waals surface area contributed by atoms with E-state index in [1.165, 1.54) is 11.3 Å². The van der Waals surface area contributed by atoms with Crippen molar-refractivity contribution < 1.29 is 9.59 Å². The molecular formula is C13H18N2O2S2. The summed E-state index contributed by atoms with van der Waals surface area (Å²) in [7, 11) is 0. The van der Waals surface area contributed by atoms with Crippen molar-refractivity contribution in [1.29, 1.82) is 0 Å². The van der Waals surface area contributed by atoms with Gasteiger partial charge in [0.2, 0.25) is 5.91 Å². The van der Waals surface area contributed by atoms with Gasteiger partial charge in [0.1, 0.15) is 6.04 Å². The molecule has 0 spiro atoms. The molecule has 0 radical (unpaired) electrons. The fourth-order valence-corrected chi connectivity index (χ4v) is 3.68. The summed E-state index contributed by atoms with van der Waals surface area (Å²) in [5, 5.41) is 4.84. The molecule has 2 heterocycles. The van der Waals surface area contributed by atoms with Gasteiger partial charge in [0, 0.05) is 11.8 Å². The third-order valence-corrected chi connectivity index (χ3v) is 5.05. The molecule has 0 saturated carbocycles. The van der Waals surface area contributed by atoms with Gasteiger partial charge in [-0.15, -0.1) is 23.1 Å². The second-order valence-corrected chi connectivity index (χ2v) is 6.53. The van der Waals surface area contributed by atoms with Crippen LogP contribution < -0.4 is 5.32 Å². The lowest BCUT2D eigenvalue weighted by Crippen LogP contribution is -2.49. The normalized spacial score (nSPS) is 20.3. The lowest BCUT2D eigenvalue weighted by Gasteiger charge is -2.24. The van der Waals surface area contributed by atoms with E-state index in [2.05, 4.69) is 5.32 Å². The van der Waals surface area contributed by atoms with Crippen LogP contribution in [0.4, 0.5) is 0 Å². The molecule has 1 aliphatic rings. The highest BCUT2D eigenvalue weighted by Crippen LogP contribution is 2.24. The number of rotatable bonds is 4. The quantitative estimate of drug-likeness (QED) is 0.927. The summed E-state index contributed by atoms with van der Waals surface area (Å²) in [4.78, 5) is 26.9. The Labute approximate surface area is 121 Å². The Balaban J connectivity index is 2.04. The predicted molar refractivity (Wildman–Crippen MR) is 79.5 cm³/mol. The summed E-state index contributed by atoms with van der Waals surface area (Å²) in [6.07, 6.45) is 0.893. The van der Waals surface area contributed by atoms with Gasteiger partial charge in [-0.2, -0.15) is 0 Å². The van der Waals surface area contributed by atoms with E-state index in [-0.39, 0.29) is 23.9 Å². The molecule has 2 amide bonds. The van der Waals surface area contributed by atoms with Crippen LogP contribution >= 0.6 is 23.1 Å². The van der Waals surface area contributed by atoms with Gasteiger partial charge in [-0.05, 0) is 24.8 Å². The fraction of sp³-hybridized carbons (Fsp3) is 0.538. The van der Waals surface area contributed by atoms with Gasteiger partial charge < -0.3 is 10.2 Å². The van der Waals surface area contributed by atoms with Gasteiger partial charge in [-0.25, -0.2) is 0 Å². The topological polar surface area (TPSA) is 49.4 Å². The average Bonchev–Trinajstić information content (AvgIpc) is 3.08. The van der Waals surface area contributed by atoms with Crippen LogP contribution in [0.15, 0.2) is 17.5 Å². The van der Waals surface area contributed by atoms with E-state index < -0.39 is 0 Å². The van der Waals surface area contributed by atoms with Crippen LogP contribution in [0, 0.1) is 0 Å². The van der Waals surface area contributed by atoms with Gasteiger partial charge in [0.15, 0.2) is 0 Å². The number of thioether (sulfide) groups is 1. The van der Waals surface area contributed by atoms with E-state index in [1.807, 2.05) is 25.3 Å². The van der Waals surface area contributed by atoms with Crippen LogP contribution in [0.25, 0.3) is 0 Å². The highest BCUT2D eigenvalue weighted by Gasteiger charge is 2.35. The first kappa shape index (κ1) is 14.4. The zero-order valence-electron chi connectivity index (χ0n) is 11.1. The third-order valence-electron chi connectivity index (χ3n) is 3.18. The number of hydrogen-bond donors (Lipinski definition) is 1. The van der Waals surface area contributed by atoms with Crippen LogP contribution in [-0.4, -0.2) is 40.4 Å². The SMILES string of the molecule is CCC(C)NC(=O)C1CSCN1C(=O)c1cccs1. The molecule has 1 aliphatic heterocycles. The smallest absolute Gasteiger partial charge is 0.265 e. The maximum atomic E-state index is 12.3. The van der Waals surface area contributed by atoms with Gasteiger partial charge >= 0.3 is 0 Å². The Morgan fingerprint density at radius 3 is 3.00 bits per heavy atom. The summed E-state index contributed by atoms with van der Waals surface area (Å²) in [6.45, 7) is 4.01. The summed E-state index contributed by atoms with van der Waals surface area (Å²) >= 11 is 3.05. The molecule has 1 aromatic rings. The number of thiophene rings is 1. The first-order valence-electron chi connectivity index (χ1n) is 6.36. The van der Waals surface area contributed by atoms with Crippen LogP contribution in [-0.2, 0) is 4.79 Å².